The van der Waals surface area contributed by atoms with Crippen molar-refractivity contribution >= 4 is 27.3 Å². The van der Waals surface area contributed by atoms with Crippen LogP contribution < -0.4 is 16.4 Å². The minimum absolute atomic E-state index is 0.0302. The van der Waals surface area contributed by atoms with Crippen LogP contribution in [0.1, 0.15) is 17.3 Å². The lowest BCUT2D eigenvalue weighted by molar-refractivity contribution is 0.0956. The van der Waals surface area contributed by atoms with Gasteiger partial charge in [-0.1, -0.05) is 0 Å². The van der Waals surface area contributed by atoms with Gasteiger partial charge in [0.05, 0.1) is 17.1 Å². The van der Waals surface area contributed by atoms with E-state index in [4.69, 9.17) is 5.73 Å². The van der Waals surface area contributed by atoms with Crippen LogP contribution >= 0.6 is 0 Å². The molecule has 0 saturated heterocycles. The molecule has 0 fully saturated rings. The summed E-state index contributed by atoms with van der Waals surface area (Å²) < 4.78 is 24.4. The van der Waals surface area contributed by atoms with Crippen molar-refractivity contribution in [1.82, 2.24) is 9.62 Å². The molecule has 1 rings (SSSR count). The number of benzene rings is 1. The molecule has 0 aliphatic carbocycles. The molecule has 0 aliphatic rings. The minimum Gasteiger partial charge on any atom is -0.397 e. The molecule has 1 aromatic carbocycles. The van der Waals surface area contributed by atoms with E-state index in [0.29, 0.717) is 23.5 Å². The SMILES string of the molecule is CCNC(=O)c1ccc(NCCS(=O)(=O)N(C)C)c(N)c1. The van der Waals surface area contributed by atoms with E-state index in [9.17, 15) is 13.2 Å². The lowest BCUT2D eigenvalue weighted by atomic mass is 10.1. The highest BCUT2D eigenvalue weighted by Gasteiger charge is 2.13. The number of amides is 1. The van der Waals surface area contributed by atoms with Crippen LogP contribution in [0.4, 0.5) is 11.4 Å². The van der Waals surface area contributed by atoms with Crippen molar-refractivity contribution in [3.63, 3.8) is 0 Å². The molecule has 118 valence electrons. The molecule has 21 heavy (non-hydrogen) atoms. The van der Waals surface area contributed by atoms with E-state index >= 15 is 0 Å². The zero-order chi connectivity index (χ0) is 16.0. The molecule has 0 saturated carbocycles. The third-order valence-corrected chi connectivity index (χ3v) is 4.72. The largest absolute Gasteiger partial charge is 0.397 e. The van der Waals surface area contributed by atoms with Gasteiger partial charge in [-0.15, -0.1) is 0 Å². The summed E-state index contributed by atoms with van der Waals surface area (Å²) in [6.07, 6.45) is 0. The predicted molar refractivity (Wildman–Crippen MR) is 84.8 cm³/mol. The number of nitrogens with two attached hydrogens (primary N) is 1. The molecule has 0 aromatic heterocycles. The molecule has 0 radical (unpaired) electrons. The number of hydrogen-bond acceptors (Lipinski definition) is 5. The van der Waals surface area contributed by atoms with Crippen LogP contribution in [-0.4, -0.2) is 51.6 Å². The fourth-order valence-electron chi connectivity index (χ4n) is 1.62. The summed E-state index contributed by atoms with van der Waals surface area (Å²) in [7, 11) is -0.262. The lowest BCUT2D eigenvalue weighted by Crippen LogP contribution is -2.28. The number of nitrogens with one attached hydrogen (secondary N) is 2. The van der Waals surface area contributed by atoms with E-state index in [0.717, 1.165) is 0 Å². The maximum atomic E-state index is 11.7. The monoisotopic (exact) mass is 314 g/mol. The van der Waals surface area contributed by atoms with Crippen molar-refractivity contribution in [1.29, 1.82) is 0 Å². The summed E-state index contributed by atoms with van der Waals surface area (Å²) >= 11 is 0. The molecule has 8 heteroatoms. The highest BCUT2D eigenvalue weighted by molar-refractivity contribution is 7.89. The Bertz CT molecular complexity index is 599. The number of carbonyl (C=O) groups is 1. The van der Waals surface area contributed by atoms with Crippen molar-refractivity contribution in [2.75, 3.05) is 44.0 Å². The molecule has 7 nitrogen and oxygen atoms in total. The highest BCUT2D eigenvalue weighted by atomic mass is 32.2. The van der Waals surface area contributed by atoms with Gasteiger partial charge in [0.15, 0.2) is 0 Å². The first-order valence-electron chi connectivity index (χ1n) is 6.59. The average Bonchev–Trinajstić information content (AvgIpc) is 2.40. The normalized spacial score (nSPS) is 11.4. The lowest BCUT2D eigenvalue weighted by Gasteiger charge is -2.13. The summed E-state index contributed by atoms with van der Waals surface area (Å²) in [4.78, 5) is 11.7. The van der Waals surface area contributed by atoms with Crippen molar-refractivity contribution in [2.45, 2.75) is 6.92 Å². The van der Waals surface area contributed by atoms with Gasteiger partial charge in [0, 0.05) is 32.7 Å². The van der Waals surface area contributed by atoms with Crippen molar-refractivity contribution in [3.05, 3.63) is 23.8 Å². The summed E-state index contributed by atoms with van der Waals surface area (Å²) in [6.45, 7) is 2.62. The van der Waals surface area contributed by atoms with E-state index in [1.165, 1.54) is 18.4 Å². The van der Waals surface area contributed by atoms with Crippen LogP contribution in [-0.2, 0) is 10.0 Å². The second-order valence-electron chi connectivity index (χ2n) is 4.69. The van der Waals surface area contributed by atoms with E-state index in [1.807, 2.05) is 6.92 Å². The number of rotatable bonds is 7. The van der Waals surface area contributed by atoms with Crippen LogP contribution in [0, 0.1) is 0 Å². The molecule has 0 bridgehead atoms. The van der Waals surface area contributed by atoms with E-state index < -0.39 is 10.0 Å². The molecular formula is C13H22N4O3S. The molecule has 1 amide bonds. The molecule has 0 atom stereocenters. The van der Waals surface area contributed by atoms with Gasteiger partial charge in [-0.05, 0) is 25.1 Å². The Labute approximate surface area is 125 Å². The summed E-state index contributed by atoms with van der Waals surface area (Å²) in [6, 6.07) is 4.88. The summed E-state index contributed by atoms with van der Waals surface area (Å²) in [5.74, 6) is -0.219. The number of nitrogen functional groups attached to an aromatic ring is 1. The molecule has 0 spiro atoms. The smallest absolute Gasteiger partial charge is 0.251 e. The molecule has 0 aliphatic heterocycles. The first-order chi connectivity index (χ1) is 9.77. The van der Waals surface area contributed by atoms with Crippen molar-refractivity contribution in [2.24, 2.45) is 0 Å². The topological polar surface area (TPSA) is 105 Å². The molecule has 0 heterocycles. The molecule has 1 aromatic rings. The van der Waals surface area contributed by atoms with Gasteiger partial charge in [-0.2, -0.15) is 0 Å². The van der Waals surface area contributed by atoms with Gasteiger partial charge in [0.1, 0.15) is 0 Å². The first kappa shape index (κ1) is 17.3. The Morgan fingerprint density at radius 3 is 2.52 bits per heavy atom. The van der Waals surface area contributed by atoms with Crippen molar-refractivity contribution in [3.8, 4) is 0 Å². The predicted octanol–water partition coefficient (Wildman–Crippen LogP) is 0.322. The minimum atomic E-state index is -3.24. The number of anilines is 2. The van der Waals surface area contributed by atoms with Gasteiger partial charge in [0.25, 0.3) is 5.91 Å². The van der Waals surface area contributed by atoms with Gasteiger partial charge in [0.2, 0.25) is 10.0 Å². The maximum absolute atomic E-state index is 11.7. The quantitative estimate of drug-likeness (QED) is 0.629. The van der Waals surface area contributed by atoms with Gasteiger partial charge in [-0.25, -0.2) is 12.7 Å². The Morgan fingerprint density at radius 1 is 1.33 bits per heavy atom. The third-order valence-electron chi connectivity index (χ3n) is 2.88. The number of carbonyl (C=O) groups excluding carboxylic acids is 1. The number of hydrogen-bond donors (Lipinski definition) is 3. The average molecular weight is 314 g/mol. The second-order valence-corrected chi connectivity index (χ2v) is 6.99. The number of sulfonamides is 1. The van der Waals surface area contributed by atoms with Crippen LogP contribution in [0.5, 0.6) is 0 Å². The van der Waals surface area contributed by atoms with E-state index in [2.05, 4.69) is 10.6 Å². The Hall–Kier alpha value is -1.80. The van der Waals surface area contributed by atoms with Crippen molar-refractivity contribution < 1.29 is 13.2 Å². The van der Waals surface area contributed by atoms with Gasteiger partial charge in [-0.3, -0.25) is 4.79 Å². The number of nitrogens with zero attached hydrogens (tertiary/aromatic N) is 1. The fourth-order valence-corrected chi connectivity index (χ4v) is 2.35. The summed E-state index contributed by atoms with van der Waals surface area (Å²) in [5, 5.41) is 5.64. The van der Waals surface area contributed by atoms with Crippen LogP contribution in [0.25, 0.3) is 0 Å². The second kappa shape index (κ2) is 7.28. The van der Waals surface area contributed by atoms with Crippen LogP contribution in [0.2, 0.25) is 0 Å². The zero-order valence-corrected chi connectivity index (χ0v) is 13.3. The summed E-state index contributed by atoms with van der Waals surface area (Å²) in [5.41, 5.74) is 7.35. The molecule has 0 unspecified atom stereocenters. The van der Waals surface area contributed by atoms with Gasteiger partial charge >= 0.3 is 0 Å². The molecule has 4 N–H and O–H groups in total. The van der Waals surface area contributed by atoms with Crippen LogP contribution in [0.15, 0.2) is 18.2 Å². The standard InChI is InChI=1S/C13H22N4O3S/c1-4-15-13(18)10-5-6-12(11(14)9-10)16-7-8-21(19,20)17(2)3/h5-6,9,16H,4,7-8,14H2,1-3H3,(H,15,18). The Kier molecular flexibility index (Phi) is 5.98. The highest BCUT2D eigenvalue weighted by Crippen LogP contribution is 2.19. The Morgan fingerprint density at radius 2 is 2.00 bits per heavy atom. The first-order valence-corrected chi connectivity index (χ1v) is 8.20. The van der Waals surface area contributed by atoms with E-state index in [-0.39, 0.29) is 18.2 Å². The Balaban J connectivity index is 2.68. The maximum Gasteiger partial charge on any atom is 0.251 e. The van der Waals surface area contributed by atoms with Gasteiger partial charge < -0.3 is 16.4 Å². The van der Waals surface area contributed by atoms with E-state index in [1.54, 1.807) is 18.2 Å². The fraction of sp³-hybridized carbons (Fsp3) is 0.462. The molecular weight excluding hydrogens is 292 g/mol. The third kappa shape index (κ3) is 4.91. The van der Waals surface area contributed by atoms with Crippen LogP contribution in [0.3, 0.4) is 0 Å². The zero-order valence-electron chi connectivity index (χ0n) is 12.5.